The molecular weight excluding hydrogens is 442 g/mol. The summed E-state index contributed by atoms with van der Waals surface area (Å²) in [6.45, 7) is -0.206. The standard InChI is InChI=1S/C32H23N3O/c36-21-26-27(22-13-5-1-6-14-22)31-32(30(33-26)25-19-11-4-12-20-25)35-29(24-17-9-3-10-18-24)28(34-31)23-15-7-2-8-16-23/h1-20,36H,21H2. The van der Waals surface area contributed by atoms with Crippen LogP contribution in [0.15, 0.2) is 121 Å². The first-order valence-corrected chi connectivity index (χ1v) is 11.9. The zero-order chi connectivity index (χ0) is 24.3. The van der Waals surface area contributed by atoms with Crippen LogP contribution in [0.5, 0.6) is 0 Å². The number of nitrogens with zero attached hydrogens (tertiary/aromatic N) is 3. The first-order chi connectivity index (χ1) is 17.8. The molecule has 0 saturated heterocycles. The quantitative estimate of drug-likeness (QED) is 0.293. The van der Waals surface area contributed by atoms with Gasteiger partial charge in [0, 0.05) is 22.3 Å². The van der Waals surface area contributed by atoms with Crippen LogP contribution in [0.2, 0.25) is 0 Å². The molecule has 0 aliphatic carbocycles. The van der Waals surface area contributed by atoms with Crippen molar-refractivity contribution in [1.82, 2.24) is 15.0 Å². The molecule has 0 amide bonds. The van der Waals surface area contributed by atoms with Crippen molar-refractivity contribution in [3.05, 3.63) is 127 Å². The van der Waals surface area contributed by atoms with Gasteiger partial charge in [-0.3, -0.25) is 0 Å². The molecule has 36 heavy (non-hydrogen) atoms. The highest BCUT2D eigenvalue weighted by Gasteiger charge is 2.22. The van der Waals surface area contributed by atoms with E-state index in [2.05, 4.69) is 24.3 Å². The molecule has 4 aromatic carbocycles. The van der Waals surface area contributed by atoms with Crippen molar-refractivity contribution in [3.63, 3.8) is 0 Å². The number of fused-ring (bicyclic) bond motifs is 1. The van der Waals surface area contributed by atoms with Gasteiger partial charge in [0.15, 0.2) is 0 Å². The predicted molar refractivity (Wildman–Crippen MR) is 145 cm³/mol. The van der Waals surface area contributed by atoms with E-state index in [1.807, 2.05) is 97.1 Å². The van der Waals surface area contributed by atoms with E-state index in [-0.39, 0.29) is 6.61 Å². The Bertz CT molecular complexity index is 1640. The van der Waals surface area contributed by atoms with Gasteiger partial charge >= 0.3 is 0 Å². The van der Waals surface area contributed by atoms with Crippen molar-refractivity contribution < 1.29 is 5.11 Å². The number of aromatic nitrogens is 3. The first kappa shape index (κ1) is 21.8. The summed E-state index contributed by atoms with van der Waals surface area (Å²) in [6, 6.07) is 40.2. The molecule has 4 heteroatoms. The molecule has 2 heterocycles. The third kappa shape index (κ3) is 3.94. The summed E-state index contributed by atoms with van der Waals surface area (Å²) < 4.78 is 0. The van der Waals surface area contributed by atoms with Gasteiger partial charge in [0.25, 0.3) is 0 Å². The molecular formula is C32H23N3O. The van der Waals surface area contributed by atoms with Gasteiger partial charge in [-0.15, -0.1) is 0 Å². The van der Waals surface area contributed by atoms with Crippen molar-refractivity contribution in [2.75, 3.05) is 0 Å². The van der Waals surface area contributed by atoms with E-state index in [4.69, 9.17) is 15.0 Å². The molecule has 0 atom stereocenters. The van der Waals surface area contributed by atoms with E-state index < -0.39 is 0 Å². The van der Waals surface area contributed by atoms with Crippen molar-refractivity contribution in [2.24, 2.45) is 0 Å². The minimum atomic E-state index is -0.206. The van der Waals surface area contributed by atoms with E-state index in [0.29, 0.717) is 16.9 Å². The van der Waals surface area contributed by atoms with E-state index in [9.17, 15) is 5.11 Å². The fourth-order valence-electron chi connectivity index (χ4n) is 4.57. The molecule has 0 aliphatic heterocycles. The summed E-state index contributed by atoms with van der Waals surface area (Å²) >= 11 is 0. The molecule has 0 spiro atoms. The van der Waals surface area contributed by atoms with Crippen molar-refractivity contribution in [3.8, 4) is 44.9 Å². The van der Waals surface area contributed by atoms with Crippen molar-refractivity contribution >= 4 is 11.0 Å². The van der Waals surface area contributed by atoms with Gasteiger partial charge in [0.05, 0.1) is 29.4 Å². The van der Waals surface area contributed by atoms with Crippen LogP contribution in [-0.4, -0.2) is 20.1 Å². The summed E-state index contributed by atoms with van der Waals surface area (Å²) in [6.07, 6.45) is 0. The Kier molecular flexibility index (Phi) is 5.78. The van der Waals surface area contributed by atoms with Crippen molar-refractivity contribution in [1.29, 1.82) is 0 Å². The Morgan fingerprint density at radius 3 is 1.25 bits per heavy atom. The minimum Gasteiger partial charge on any atom is -0.390 e. The average Bonchev–Trinajstić information content (AvgIpc) is 2.97. The second-order valence-electron chi connectivity index (χ2n) is 8.52. The monoisotopic (exact) mass is 465 g/mol. The van der Waals surface area contributed by atoms with Crippen LogP contribution in [0.1, 0.15) is 5.69 Å². The third-order valence-corrected chi connectivity index (χ3v) is 6.25. The summed E-state index contributed by atoms with van der Waals surface area (Å²) in [7, 11) is 0. The lowest BCUT2D eigenvalue weighted by molar-refractivity contribution is 0.278. The van der Waals surface area contributed by atoms with Gasteiger partial charge in [0.1, 0.15) is 11.0 Å². The SMILES string of the molecule is OCc1nc(-c2ccccc2)c2nc(-c3ccccc3)c(-c3ccccc3)nc2c1-c1ccccc1. The van der Waals surface area contributed by atoms with Gasteiger partial charge in [-0.25, -0.2) is 15.0 Å². The maximum Gasteiger partial charge on any atom is 0.116 e. The predicted octanol–water partition coefficient (Wildman–Crippen LogP) is 7.19. The van der Waals surface area contributed by atoms with Crippen LogP contribution in [0.4, 0.5) is 0 Å². The highest BCUT2D eigenvalue weighted by Crippen LogP contribution is 2.39. The van der Waals surface area contributed by atoms with Crippen LogP contribution in [0.3, 0.4) is 0 Å². The summed E-state index contributed by atoms with van der Waals surface area (Å²) in [5.74, 6) is 0. The molecule has 0 saturated carbocycles. The average molecular weight is 466 g/mol. The summed E-state index contributed by atoms with van der Waals surface area (Å²) in [4.78, 5) is 15.5. The summed E-state index contributed by atoms with van der Waals surface area (Å²) in [5.41, 5.74) is 8.93. The molecule has 0 fully saturated rings. The first-order valence-electron chi connectivity index (χ1n) is 11.9. The number of rotatable bonds is 5. The Balaban J connectivity index is 1.78. The van der Waals surface area contributed by atoms with Crippen LogP contribution in [0, 0.1) is 0 Å². The molecule has 172 valence electrons. The fraction of sp³-hybridized carbons (Fsp3) is 0.0312. The lowest BCUT2D eigenvalue weighted by Gasteiger charge is -2.17. The molecule has 6 rings (SSSR count). The van der Waals surface area contributed by atoms with Crippen LogP contribution < -0.4 is 0 Å². The molecule has 4 nitrogen and oxygen atoms in total. The molecule has 6 aromatic rings. The lowest BCUT2D eigenvalue weighted by Crippen LogP contribution is -2.04. The largest absolute Gasteiger partial charge is 0.390 e. The third-order valence-electron chi connectivity index (χ3n) is 6.25. The van der Waals surface area contributed by atoms with Crippen LogP contribution in [-0.2, 0) is 6.61 Å². The second kappa shape index (κ2) is 9.53. The molecule has 0 radical (unpaired) electrons. The topological polar surface area (TPSA) is 58.9 Å². The Morgan fingerprint density at radius 1 is 0.417 bits per heavy atom. The zero-order valence-electron chi connectivity index (χ0n) is 19.5. The lowest BCUT2D eigenvalue weighted by atomic mass is 9.97. The maximum atomic E-state index is 10.4. The molecule has 0 unspecified atom stereocenters. The number of benzene rings is 4. The van der Waals surface area contributed by atoms with Gasteiger partial charge in [-0.1, -0.05) is 121 Å². The second-order valence-corrected chi connectivity index (χ2v) is 8.52. The van der Waals surface area contributed by atoms with E-state index in [0.717, 1.165) is 44.7 Å². The van der Waals surface area contributed by atoms with Crippen LogP contribution >= 0.6 is 0 Å². The fourth-order valence-corrected chi connectivity index (χ4v) is 4.57. The minimum absolute atomic E-state index is 0.206. The Hall–Kier alpha value is -4.67. The Labute approximate surface area is 209 Å². The molecule has 2 aromatic heterocycles. The highest BCUT2D eigenvalue weighted by atomic mass is 16.3. The van der Waals surface area contributed by atoms with E-state index in [1.54, 1.807) is 0 Å². The molecule has 0 aliphatic rings. The van der Waals surface area contributed by atoms with Gasteiger partial charge < -0.3 is 5.11 Å². The number of hydrogen-bond acceptors (Lipinski definition) is 4. The Morgan fingerprint density at radius 2 is 0.806 bits per heavy atom. The van der Waals surface area contributed by atoms with Gasteiger partial charge in [0.2, 0.25) is 0 Å². The van der Waals surface area contributed by atoms with Gasteiger partial charge in [-0.2, -0.15) is 0 Å². The van der Waals surface area contributed by atoms with Gasteiger partial charge in [-0.05, 0) is 5.56 Å². The number of aliphatic hydroxyl groups excluding tert-OH is 1. The molecule has 0 bridgehead atoms. The molecule has 1 N–H and O–H groups in total. The maximum absolute atomic E-state index is 10.4. The number of hydrogen-bond donors (Lipinski definition) is 1. The van der Waals surface area contributed by atoms with E-state index >= 15 is 0 Å². The highest BCUT2D eigenvalue weighted by molar-refractivity contribution is 6.02. The zero-order valence-corrected chi connectivity index (χ0v) is 19.5. The van der Waals surface area contributed by atoms with Crippen molar-refractivity contribution in [2.45, 2.75) is 6.61 Å². The normalized spacial score (nSPS) is 11.0. The number of aliphatic hydroxyl groups is 1. The van der Waals surface area contributed by atoms with Crippen LogP contribution in [0.25, 0.3) is 55.9 Å². The number of pyridine rings is 1. The smallest absolute Gasteiger partial charge is 0.116 e. The summed E-state index contributed by atoms with van der Waals surface area (Å²) in [5, 5.41) is 10.4. The van der Waals surface area contributed by atoms with E-state index in [1.165, 1.54) is 0 Å².